The summed E-state index contributed by atoms with van der Waals surface area (Å²) in [6.45, 7) is 9.87. The minimum atomic E-state index is -0.0880. The molecule has 1 amide bonds. The van der Waals surface area contributed by atoms with Crippen molar-refractivity contribution < 1.29 is 4.79 Å². The number of aryl methyl sites for hydroxylation is 1. The Morgan fingerprint density at radius 1 is 1.22 bits per heavy atom. The predicted octanol–water partition coefficient (Wildman–Crippen LogP) is 7.02. The summed E-state index contributed by atoms with van der Waals surface area (Å²) in [5.74, 6) is 2.65. The monoisotopic (exact) mass is 527 g/mol. The Morgan fingerprint density at radius 2 is 2.00 bits per heavy atom. The number of aromatic nitrogens is 3. The summed E-state index contributed by atoms with van der Waals surface area (Å²) in [5, 5.41) is 23.3. The number of nitriles is 1. The zero-order valence-corrected chi connectivity index (χ0v) is 24.0. The van der Waals surface area contributed by atoms with E-state index >= 15 is 0 Å². The fourth-order valence-corrected chi connectivity index (χ4v) is 7.89. The number of nitrogens with zero attached hydrogens (tertiary/aromatic N) is 4. The zero-order chi connectivity index (χ0) is 25.7. The van der Waals surface area contributed by atoms with Crippen molar-refractivity contribution in [2.24, 2.45) is 17.3 Å². The first-order valence-corrected chi connectivity index (χ1v) is 15.6. The minimum Gasteiger partial charge on any atom is -0.316 e. The van der Waals surface area contributed by atoms with Crippen LogP contribution in [0.1, 0.15) is 101 Å². The number of carbonyl (C=O) groups is 1. The molecule has 36 heavy (non-hydrogen) atoms. The Kier molecular flexibility index (Phi) is 9.16. The largest absolute Gasteiger partial charge is 0.316 e. The summed E-state index contributed by atoms with van der Waals surface area (Å²) >= 11 is 3.04. The van der Waals surface area contributed by atoms with Crippen LogP contribution in [0.4, 0.5) is 5.00 Å². The van der Waals surface area contributed by atoms with Gasteiger partial charge < -0.3 is 9.88 Å². The minimum absolute atomic E-state index is 0.0880. The second-order valence-corrected chi connectivity index (χ2v) is 13.2. The van der Waals surface area contributed by atoms with Crippen molar-refractivity contribution in [2.45, 2.75) is 110 Å². The lowest BCUT2D eigenvalue weighted by Gasteiger charge is -2.36. The third kappa shape index (κ3) is 6.16. The van der Waals surface area contributed by atoms with Crippen molar-refractivity contribution in [2.75, 3.05) is 11.1 Å². The van der Waals surface area contributed by atoms with Gasteiger partial charge in [-0.1, -0.05) is 71.1 Å². The maximum Gasteiger partial charge on any atom is 0.235 e. The maximum absolute atomic E-state index is 12.9. The summed E-state index contributed by atoms with van der Waals surface area (Å²) in [6.07, 6.45) is 13.1. The predicted molar refractivity (Wildman–Crippen MR) is 149 cm³/mol. The number of thioether (sulfide) groups is 1. The number of hydrogen-bond donors (Lipinski definition) is 1. The van der Waals surface area contributed by atoms with Gasteiger partial charge >= 0.3 is 0 Å². The van der Waals surface area contributed by atoms with Crippen LogP contribution in [0.3, 0.4) is 0 Å². The quantitative estimate of drug-likeness (QED) is 0.336. The van der Waals surface area contributed by atoms with Gasteiger partial charge in [0, 0.05) is 17.8 Å². The van der Waals surface area contributed by atoms with Crippen molar-refractivity contribution in [1.82, 2.24) is 14.8 Å². The van der Waals surface area contributed by atoms with Crippen LogP contribution in [-0.4, -0.2) is 26.4 Å². The summed E-state index contributed by atoms with van der Waals surface area (Å²) < 4.78 is 2.15. The average molecular weight is 528 g/mol. The van der Waals surface area contributed by atoms with E-state index in [1.807, 2.05) is 0 Å². The topological polar surface area (TPSA) is 83.6 Å². The van der Waals surface area contributed by atoms with Crippen LogP contribution >= 0.6 is 23.1 Å². The van der Waals surface area contributed by atoms with Gasteiger partial charge in [-0.15, -0.1) is 21.5 Å². The van der Waals surface area contributed by atoms with Gasteiger partial charge in [-0.2, -0.15) is 5.26 Å². The van der Waals surface area contributed by atoms with Gasteiger partial charge in [0.1, 0.15) is 16.9 Å². The molecular formula is C28H41N5OS2. The highest BCUT2D eigenvalue weighted by Crippen LogP contribution is 2.45. The van der Waals surface area contributed by atoms with Gasteiger partial charge in [0.2, 0.25) is 5.91 Å². The van der Waals surface area contributed by atoms with E-state index in [9.17, 15) is 10.1 Å². The normalized spacial score (nSPS) is 18.6. The highest BCUT2D eigenvalue weighted by molar-refractivity contribution is 7.99. The number of hydrogen-bond acceptors (Lipinski definition) is 6. The van der Waals surface area contributed by atoms with E-state index < -0.39 is 0 Å². The lowest BCUT2D eigenvalue weighted by molar-refractivity contribution is -0.113. The second kappa shape index (κ2) is 12.1. The van der Waals surface area contributed by atoms with Crippen LogP contribution in [0, 0.1) is 28.6 Å². The number of anilines is 1. The smallest absolute Gasteiger partial charge is 0.235 e. The Labute approximate surface area is 224 Å². The lowest BCUT2D eigenvalue weighted by atomic mass is 9.69. The molecule has 1 unspecified atom stereocenters. The second-order valence-electron chi connectivity index (χ2n) is 11.1. The first kappa shape index (κ1) is 27.2. The van der Waals surface area contributed by atoms with Crippen molar-refractivity contribution in [3.05, 3.63) is 21.8 Å². The fraction of sp³-hybridized carbons (Fsp3) is 0.714. The molecule has 0 aliphatic heterocycles. The number of amides is 1. The van der Waals surface area contributed by atoms with Crippen LogP contribution in [0.2, 0.25) is 0 Å². The van der Waals surface area contributed by atoms with E-state index in [0.29, 0.717) is 21.9 Å². The van der Waals surface area contributed by atoms with Gasteiger partial charge in [-0.25, -0.2) is 0 Å². The lowest BCUT2D eigenvalue weighted by Crippen LogP contribution is -2.28. The molecule has 0 bridgehead atoms. The van der Waals surface area contributed by atoms with E-state index in [1.165, 1.54) is 55.2 Å². The number of thiophene rings is 1. The molecule has 0 radical (unpaired) electrons. The molecule has 8 heteroatoms. The van der Waals surface area contributed by atoms with Crippen LogP contribution in [-0.2, 0) is 30.6 Å². The molecule has 2 aliphatic rings. The molecule has 2 aromatic rings. The molecule has 1 fully saturated rings. The molecule has 2 aromatic heterocycles. The summed E-state index contributed by atoms with van der Waals surface area (Å²) in [7, 11) is 0. The zero-order valence-electron chi connectivity index (χ0n) is 22.4. The third-order valence-electron chi connectivity index (χ3n) is 8.59. The fourth-order valence-electron chi connectivity index (χ4n) is 5.78. The highest BCUT2D eigenvalue weighted by atomic mass is 32.2. The molecule has 0 spiro atoms. The molecule has 0 aromatic carbocycles. The molecule has 4 rings (SSSR count). The van der Waals surface area contributed by atoms with Gasteiger partial charge in [0.05, 0.1) is 11.3 Å². The van der Waals surface area contributed by atoms with Crippen molar-refractivity contribution in [1.29, 1.82) is 5.26 Å². The van der Waals surface area contributed by atoms with Gasteiger partial charge in [0.15, 0.2) is 5.16 Å². The summed E-state index contributed by atoms with van der Waals surface area (Å²) in [6, 6.07) is 2.38. The number of carbonyl (C=O) groups excluding carboxylic acids is 1. The highest BCUT2D eigenvalue weighted by Gasteiger charge is 2.34. The molecule has 1 saturated carbocycles. The molecular weight excluding hydrogens is 486 g/mol. The molecule has 196 valence electrons. The number of rotatable bonds is 10. The number of fused-ring (bicyclic) bond motifs is 1. The SMILES string of the molecule is CCn1c(CCC2CCCCC2)nnc1SCC(=O)Nc1sc2c(c1C#N)CCC(C(C)(C)CC)C2. The molecule has 2 aliphatic carbocycles. The van der Waals surface area contributed by atoms with E-state index in [2.05, 4.69) is 53.8 Å². The van der Waals surface area contributed by atoms with Crippen LogP contribution in [0.15, 0.2) is 5.16 Å². The molecule has 1 N–H and O–H groups in total. The van der Waals surface area contributed by atoms with Crippen LogP contribution < -0.4 is 5.32 Å². The molecule has 0 saturated heterocycles. The number of nitrogens with one attached hydrogen (secondary N) is 1. The summed E-state index contributed by atoms with van der Waals surface area (Å²) in [5.41, 5.74) is 2.11. The maximum atomic E-state index is 12.9. The Hall–Kier alpha value is -1.85. The first-order valence-electron chi connectivity index (χ1n) is 13.8. The van der Waals surface area contributed by atoms with E-state index in [-0.39, 0.29) is 11.7 Å². The van der Waals surface area contributed by atoms with Crippen LogP contribution in [0.25, 0.3) is 0 Å². The first-order chi connectivity index (χ1) is 17.4. The Bertz CT molecular complexity index is 1090. The summed E-state index contributed by atoms with van der Waals surface area (Å²) in [4.78, 5) is 14.2. The molecule has 1 atom stereocenters. The van der Waals surface area contributed by atoms with Crippen molar-refractivity contribution in [3.8, 4) is 6.07 Å². The molecule has 2 heterocycles. The van der Waals surface area contributed by atoms with Gasteiger partial charge in [-0.05, 0) is 55.4 Å². The van der Waals surface area contributed by atoms with E-state index in [1.54, 1.807) is 11.3 Å². The Balaban J connectivity index is 1.36. The van der Waals surface area contributed by atoms with Gasteiger partial charge in [0.25, 0.3) is 0 Å². The average Bonchev–Trinajstić information content (AvgIpc) is 3.45. The Morgan fingerprint density at radius 3 is 2.69 bits per heavy atom. The molecule has 6 nitrogen and oxygen atoms in total. The van der Waals surface area contributed by atoms with Crippen molar-refractivity contribution in [3.63, 3.8) is 0 Å². The third-order valence-corrected chi connectivity index (χ3v) is 10.7. The standard InChI is InChI=1S/C28H41N5OS2/c1-5-28(3,4)20-13-14-21-22(17-29)26(36-23(21)16-20)30-25(34)18-35-27-32-31-24(33(27)6-2)15-12-19-10-8-7-9-11-19/h19-20H,5-16,18H2,1-4H3,(H,30,34). The van der Waals surface area contributed by atoms with Crippen LogP contribution in [0.5, 0.6) is 0 Å². The van der Waals surface area contributed by atoms with E-state index in [0.717, 1.165) is 61.1 Å². The van der Waals surface area contributed by atoms with Crippen molar-refractivity contribution >= 4 is 34.0 Å². The van der Waals surface area contributed by atoms with Gasteiger partial charge in [-0.3, -0.25) is 4.79 Å². The van der Waals surface area contributed by atoms with E-state index in [4.69, 9.17) is 0 Å².